The van der Waals surface area contributed by atoms with Crippen LogP contribution >= 0.6 is 0 Å². The Morgan fingerprint density at radius 2 is 1.58 bits per heavy atom. The Morgan fingerprint density at radius 3 is 2.17 bits per heavy atom. The summed E-state index contributed by atoms with van der Waals surface area (Å²) in [7, 11) is 3.03. The van der Waals surface area contributed by atoms with Crippen LogP contribution in [0.4, 0.5) is 11.4 Å². The summed E-state index contributed by atoms with van der Waals surface area (Å²) < 4.78 is 10.4. The number of ether oxygens (including phenoxy) is 2. The number of benzene rings is 2. The van der Waals surface area contributed by atoms with Gasteiger partial charge in [-0.2, -0.15) is 0 Å². The smallest absolute Gasteiger partial charge is 0.283 e. The van der Waals surface area contributed by atoms with Crippen LogP contribution in [0.1, 0.15) is 11.1 Å². The molecular formula is C16H14N2O6. The standard InChI is InChI=1S/C16H14N2O6/c1-23-14-7-8-16(24-2)12(9-14)4-3-11-5-6-13(17(19)20)10-15(11)18(21)22/h3-10H,1-2H3. The van der Waals surface area contributed by atoms with Crippen LogP contribution in [0, 0.1) is 20.2 Å². The minimum atomic E-state index is -0.675. The van der Waals surface area contributed by atoms with Crippen molar-refractivity contribution >= 4 is 23.5 Å². The van der Waals surface area contributed by atoms with E-state index >= 15 is 0 Å². The third kappa shape index (κ3) is 3.67. The summed E-state index contributed by atoms with van der Waals surface area (Å²) in [4.78, 5) is 20.6. The summed E-state index contributed by atoms with van der Waals surface area (Å²) in [6.07, 6.45) is 3.12. The number of methoxy groups -OCH3 is 2. The molecule has 124 valence electrons. The summed E-state index contributed by atoms with van der Waals surface area (Å²) in [5.74, 6) is 1.17. The maximum Gasteiger partial charge on any atom is 0.283 e. The molecule has 0 aliphatic heterocycles. The number of non-ortho nitro benzene ring substituents is 1. The molecular weight excluding hydrogens is 316 g/mol. The zero-order valence-electron chi connectivity index (χ0n) is 13.0. The van der Waals surface area contributed by atoms with Gasteiger partial charge in [-0.15, -0.1) is 0 Å². The van der Waals surface area contributed by atoms with Gasteiger partial charge >= 0.3 is 0 Å². The van der Waals surface area contributed by atoms with Gasteiger partial charge in [0, 0.05) is 11.6 Å². The van der Waals surface area contributed by atoms with E-state index in [1.165, 1.54) is 32.4 Å². The molecule has 2 aromatic rings. The van der Waals surface area contributed by atoms with Gasteiger partial charge < -0.3 is 9.47 Å². The van der Waals surface area contributed by atoms with Crippen molar-refractivity contribution in [3.05, 3.63) is 67.8 Å². The van der Waals surface area contributed by atoms with Crippen LogP contribution in [0.15, 0.2) is 36.4 Å². The summed E-state index contributed by atoms with van der Waals surface area (Å²) in [6.45, 7) is 0. The van der Waals surface area contributed by atoms with E-state index in [2.05, 4.69) is 0 Å². The van der Waals surface area contributed by atoms with Crippen LogP contribution in [0.25, 0.3) is 12.2 Å². The predicted molar refractivity (Wildman–Crippen MR) is 88.2 cm³/mol. The molecule has 24 heavy (non-hydrogen) atoms. The second-order valence-corrected chi connectivity index (χ2v) is 4.70. The number of hydrogen-bond donors (Lipinski definition) is 0. The van der Waals surface area contributed by atoms with Crippen molar-refractivity contribution in [3.63, 3.8) is 0 Å². The SMILES string of the molecule is COc1ccc(OC)c(C=Cc2ccc([N+](=O)[O-])cc2[N+](=O)[O-])c1. The Balaban J connectivity index is 2.45. The lowest BCUT2D eigenvalue weighted by atomic mass is 10.1. The van der Waals surface area contributed by atoms with Gasteiger partial charge in [-0.05, 0) is 30.3 Å². The summed E-state index contributed by atoms with van der Waals surface area (Å²) in [5, 5.41) is 21.9. The second kappa shape index (κ2) is 7.23. The molecule has 0 spiro atoms. The van der Waals surface area contributed by atoms with Gasteiger partial charge in [-0.3, -0.25) is 20.2 Å². The average molecular weight is 330 g/mol. The molecule has 8 heteroatoms. The quantitative estimate of drug-likeness (QED) is 0.454. The lowest BCUT2D eigenvalue weighted by Crippen LogP contribution is -1.95. The molecule has 0 atom stereocenters. The largest absolute Gasteiger partial charge is 0.497 e. The van der Waals surface area contributed by atoms with Crippen molar-refractivity contribution < 1.29 is 19.3 Å². The van der Waals surface area contributed by atoms with Gasteiger partial charge in [0.25, 0.3) is 11.4 Å². The van der Waals surface area contributed by atoms with E-state index in [4.69, 9.17) is 9.47 Å². The molecule has 0 aliphatic carbocycles. The van der Waals surface area contributed by atoms with Crippen molar-refractivity contribution in [1.82, 2.24) is 0 Å². The van der Waals surface area contributed by atoms with Gasteiger partial charge in [-0.1, -0.05) is 6.08 Å². The average Bonchev–Trinajstić information content (AvgIpc) is 2.59. The van der Waals surface area contributed by atoms with Crippen molar-refractivity contribution in [2.75, 3.05) is 14.2 Å². The Labute approximate surface area is 137 Å². The van der Waals surface area contributed by atoms with Gasteiger partial charge in [-0.25, -0.2) is 0 Å². The molecule has 2 aromatic carbocycles. The molecule has 0 N–H and O–H groups in total. The normalized spacial score (nSPS) is 10.6. The van der Waals surface area contributed by atoms with E-state index in [-0.39, 0.29) is 16.9 Å². The minimum absolute atomic E-state index is 0.246. The third-order valence-electron chi connectivity index (χ3n) is 3.30. The number of rotatable bonds is 6. The fourth-order valence-electron chi connectivity index (χ4n) is 2.09. The van der Waals surface area contributed by atoms with Gasteiger partial charge in [0.2, 0.25) is 0 Å². The van der Waals surface area contributed by atoms with E-state index in [1.807, 2.05) is 0 Å². The van der Waals surface area contributed by atoms with E-state index < -0.39 is 9.85 Å². The fourth-order valence-corrected chi connectivity index (χ4v) is 2.09. The first-order valence-electron chi connectivity index (χ1n) is 6.79. The molecule has 2 rings (SSSR count). The predicted octanol–water partition coefficient (Wildman–Crippen LogP) is 3.69. The van der Waals surface area contributed by atoms with Crippen LogP contribution in [0.5, 0.6) is 11.5 Å². The summed E-state index contributed by atoms with van der Waals surface area (Å²) in [6, 6.07) is 8.64. The Kier molecular flexibility index (Phi) is 5.10. The number of nitrogens with zero attached hydrogens (tertiary/aromatic N) is 2. The molecule has 0 aliphatic rings. The molecule has 8 nitrogen and oxygen atoms in total. The molecule has 0 amide bonds. The third-order valence-corrected chi connectivity index (χ3v) is 3.30. The van der Waals surface area contributed by atoms with Crippen LogP contribution in [0.3, 0.4) is 0 Å². The fraction of sp³-hybridized carbons (Fsp3) is 0.125. The number of hydrogen-bond acceptors (Lipinski definition) is 6. The Bertz CT molecular complexity index is 816. The van der Waals surface area contributed by atoms with Gasteiger partial charge in [0.1, 0.15) is 11.5 Å². The molecule has 0 bridgehead atoms. The maximum absolute atomic E-state index is 11.1. The highest BCUT2D eigenvalue weighted by Crippen LogP contribution is 2.29. The molecule has 0 saturated heterocycles. The molecule has 0 radical (unpaired) electrons. The molecule has 0 fully saturated rings. The van der Waals surface area contributed by atoms with Crippen molar-refractivity contribution in [1.29, 1.82) is 0 Å². The highest BCUT2D eigenvalue weighted by Gasteiger charge is 2.17. The maximum atomic E-state index is 11.1. The lowest BCUT2D eigenvalue weighted by molar-refractivity contribution is -0.394. The van der Waals surface area contributed by atoms with E-state index in [9.17, 15) is 20.2 Å². The number of nitro groups is 2. The first kappa shape index (κ1) is 16.9. The minimum Gasteiger partial charge on any atom is -0.497 e. The lowest BCUT2D eigenvalue weighted by Gasteiger charge is -2.07. The first-order chi connectivity index (χ1) is 11.5. The molecule has 0 heterocycles. The van der Waals surface area contributed by atoms with Crippen molar-refractivity contribution in [2.24, 2.45) is 0 Å². The topological polar surface area (TPSA) is 105 Å². The van der Waals surface area contributed by atoms with Crippen LogP contribution in [-0.4, -0.2) is 24.1 Å². The van der Waals surface area contributed by atoms with Gasteiger partial charge in [0.15, 0.2) is 0 Å². The molecule has 0 saturated carbocycles. The zero-order valence-corrected chi connectivity index (χ0v) is 13.0. The van der Waals surface area contributed by atoms with Crippen molar-refractivity contribution in [2.45, 2.75) is 0 Å². The summed E-state index contributed by atoms with van der Waals surface area (Å²) in [5.41, 5.74) is 0.222. The Hall–Kier alpha value is -3.42. The highest BCUT2D eigenvalue weighted by atomic mass is 16.6. The summed E-state index contributed by atoms with van der Waals surface area (Å²) >= 11 is 0. The van der Waals surface area contributed by atoms with E-state index in [1.54, 1.807) is 24.3 Å². The van der Waals surface area contributed by atoms with Gasteiger partial charge in [0.05, 0.1) is 35.7 Å². The van der Waals surface area contributed by atoms with E-state index in [0.717, 1.165) is 6.07 Å². The molecule has 0 aromatic heterocycles. The van der Waals surface area contributed by atoms with Crippen LogP contribution in [-0.2, 0) is 0 Å². The van der Waals surface area contributed by atoms with Crippen LogP contribution in [0.2, 0.25) is 0 Å². The van der Waals surface area contributed by atoms with Crippen molar-refractivity contribution in [3.8, 4) is 11.5 Å². The first-order valence-corrected chi connectivity index (χ1v) is 6.79. The van der Waals surface area contributed by atoms with E-state index in [0.29, 0.717) is 17.1 Å². The molecule has 0 unspecified atom stereocenters. The van der Waals surface area contributed by atoms with Crippen LogP contribution < -0.4 is 9.47 Å². The zero-order chi connectivity index (χ0) is 17.7. The number of nitro benzene ring substituents is 2. The monoisotopic (exact) mass is 330 g/mol. The highest BCUT2D eigenvalue weighted by molar-refractivity contribution is 5.77. The second-order valence-electron chi connectivity index (χ2n) is 4.70. The Morgan fingerprint density at radius 1 is 0.875 bits per heavy atom.